The molecule has 19 heavy (non-hydrogen) atoms. The van der Waals surface area contributed by atoms with Gasteiger partial charge in [-0.1, -0.05) is 12.8 Å². The number of nitrogens with one attached hydrogen (secondary N) is 1. The Morgan fingerprint density at radius 1 is 1.32 bits per heavy atom. The highest BCUT2D eigenvalue weighted by Crippen LogP contribution is 2.28. The van der Waals surface area contributed by atoms with Crippen LogP contribution < -0.4 is 5.32 Å². The van der Waals surface area contributed by atoms with Gasteiger partial charge in [-0.05, 0) is 51.2 Å². The van der Waals surface area contributed by atoms with E-state index < -0.39 is 5.60 Å². The zero-order chi connectivity index (χ0) is 13.9. The Hall–Kier alpha value is -0.870. The normalized spacial score (nSPS) is 16.4. The van der Waals surface area contributed by atoms with Gasteiger partial charge in [0.25, 0.3) is 5.91 Å². The molecule has 0 atom stereocenters. The van der Waals surface area contributed by atoms with E-state index in [-0.39, 0.29) is 12.5 Å². The number of hydrogen-bond acceptors (Lipinski definition) is 3. The van der Waals surface area contributed by atoms with E-state index in [9.17, 15) is 9.90 Å². The molecule has 2 N–H and O–H groups in total. The SMILES string of the molecule is CC(C)(O)CNC(=O)c1cc2c(s1)CCCCCC2. The summed E-state index contributed by atoms with van der Waals surface area (Å²) in [6.07, 6.45) is 7.28. The van der Waals surface area contributed by atoms with Crippen molar-refractivity contribution in [3.63, 3.8) is 0 Å². The first-order valence-electron chi connectivity index (χ1n) is 7.08. The van der Waals surface area contributed by atoms with Gasteiger partial charge in [-0.3, -0.25) is 4.79 Å². The fraction of sp³-hybridized carbons (Fsp3) is 0.667. The maximum Gasteiger partial charge on any atom is 0.261 e. The van der Waals surface area contributed by atoms with Crippen molar-refractivity contribution in [1.82, 2.24) is 5.32 Å². The number of fused-ring (bicyclic) bond motifs is 1. The van der Waals surface area contributed by atoms with E-state index in [2.05, 4.69) is 5.32 Å². The van der Waals surface area contributed by atoms with Gasteiger partial charge >= 0.3 is 0 Å². The summed E-state index contributed by atoms with van der Waals surface area (Å²) in [4.78, 5) is 14.2. The third-order valence-corrected chi connectivity index (χ3v) is 4.64. The molecule has 1 aromatic heterocycles. The monoisotopic (exact) mass is 281 g/mol. The number of amides is 1. The van der Waals surface area contributed by atoms with Crippen LogP contribution >= 0.6 is 11.3 Å². The topological polar surface area (TPSA) is 49.3 Å². The lowest BCUT2D eigenvalue weighted by molar-refractivity contribution is 0.0696. The average Bonchev–Trinajstić information content (AvgIpc) is 2.68. The molecule has 0 saturated carbocycles. The van der Waals surface area contributed by atoms with Crippen molar-refractivity contribution in [2.45, 2.75) is 58.0 Å². The molecule has 1 heterocycles. The van der Waals surface area contributed by atoms with Crippen molar-refractivity contribution in [1.29, 1.82) is 0 Å². The minimum Gasteiger partial charge on any atom is -0.389 e. The number of aliphatic hydroxyl groups is 1. The lowest BCUT2D eigenvalue weighted by atomic mass is 10.00. The van der Waals surface area contributed by atoms with E-state index in [1.165, 1.54) is 36.1 Å². The van der Waals surface area contributed by atoms with Gasteiger partial charge in [-0.25, -0.2) is 0 Å². The van der Waals surface area contributed by atoms with Gasteiger partial charge in [-0.15, -0.1) is 11.3 Å². The van der Waals surface area contributed by atoms with Crippen LogP contribution in [0.1, 0.15) is 59.6 Å². The van der Waals surface area contributed by atoms with Crippen LogP contribution in [0.25, 0.3) is 0 Å². The Labute approximate surface area is 119 Å². The predicted octanol–water partition coefficient (Wildman–Crippen LogP) is 2.91. The number of aryl methyl sites for hydroxylation is 2. The second-order valence-electron chi connectivity index (χ2n) is 5.97. The van der Waals surface area contributed by atoms with E-state index in [0.29, 0.717) is 0 Å². The average molecular weight is 281 g/mol. The summed E-state index contributed by atoms with van der Waals surface area (Å²) in [5.41, 5.74) is 0.500. The van der Waals surface area contributed by atoms with Crippen molar-refractivity contribution >= 4 is 17.2 Å². The number of hydrogen-bond donors (Lipinski definition) is 2. The van der Waals surface area contributed by atoms with Crippen LogP contribution in [0.3, 0.4) is 0 Å². The van der Waals surface area contributed by atoms with Gasteiger partial charge < -0.3 is 10.4 Å². The summed E-state index contributed by atoms with van der Waals surface area (Å²) in [5.74, 6) is -0.0566. The van der Waals surface area contributed by atoms with Crippen molar-refractivity contribution in [2.75, 3.05) is 6.54 Å². The van der Waals surface area contributed by atoms with Crippen LogP contribution in [-0.2, 0) is 12.8 Å². The molecule has 1 aromatic rings. The molecule has 1 aliphatic rings. The fourth-order valence-corrected chi connectivity index (χ4v) is 3.51. The lowest BCUT2D eigenvalue weighted by Gasteiger charge is -2.17. The Morgan fingerprint density at radius 2 is 2.00 bits per heavy atom. The molecule has 1 amide bonds. The van der Waals surface area contributed by atoms with Crippen molar-refractivity contribution in [3.8, 4) is 0 Å². The largest absolute Gasteiger partial charge is 0.389 e. The summed E-state index contributed by atoms with van der Waals surface area (Å²) >= 11 is 1.62. The lowest BCUT2D eigenvalue weighted by Crippen LogP contribution is -2.37. The zero-order valence-corrected chi connectivity index (χ0v) is 12.6. The Morgan fingerprint density at radius 3 is 2.68 bits per heavy atom. The van der Waals surface area contributed by atoms with Gasteiger partial charge in [0, 0.05) is 11.4 Å². The van der Waals surface area contributed by atoms with Crippen molar-refractivity contribution < 1.29 is 9.90 Å². The summed E-state index contributed by atoms with van der Waals surface area (Å²) in [5, 5.41) is 12.4. The summed E-state index contributed by atoms with van der Waals surface area (Å²) < 4.78 is 0. The van der Waals surface area contributed by atoms with Crippen LogP contribution in [0.15, 0.2) is 6.07 Å². The molecule has 0 spiro atoms. The minimum absolute atomic E-state index is 0.0566. The molecule has 0 saturated heterocycles. The highest BCUT2D eigenvalue weighted by molar-refractivity contribution is 7.14. The molecule has 2 rings (SSSR count). The highest BCUT2D eigenvalue weighted by atomic mass is 32.1. The number of thiophene rings is 1. The molecular formula is C15H23NO2S. The quantitative estimate of drug-likeness (QED) is 0.895. The van der Waals surface area contributed by atoms with E-state index in [1.54, 1.807) is 25.2 Å². The van der Waals surface area contributed by atoms with Crippen LogP contribution in [0.2, 0.25) is 0 Å². The van der Waals surface area contributed by atoms with E-state index in [0.717, 1.165) is 17.7 Å². The maximum absolute atomic E-state index is 12.1. The van der Waals surface area contributed by atoms with Gasteiger partial charge in [0.2, 0.25) is 0 Å². The maximum atomic E-state index is 12.1. The summed E-state index contributed by atoms with van der Waals surface area (Å²) in [6, 6.07) is 2.05. The van der Waals surface area contributed by atoms with Gasteiger partial charge in [0.05, 0.1) is 10.5 Å². The molecule has 1 aliphatic carbocycles. The molecule has 0 aliphatic heterocycles. The molecule has 0 fully saturated rings. The molecule has 3 nitrogen and oxygen atoms in total. The Bertz CT molecular complexity index is 420. The second-order valence-corrected chi connectivity index (χ2v) is 7.11. The van der Waals surface area contributed by atoms with Crippen molar-refractivity contribution in [3.05, 3.63) is 21.4 Å². The number of carbonyl (C=O) groups is 1. The van der Waals surface area contributed by atoms with Crippen molar-refractivity contribution in [2.24, 2.45) is 0 Å². The van der Waals surface area contributed by atoms with Gasteiger partial charge in [-0.2, -0.15) is 0 Å². The Balaban J connectivity index is 2.04. The highest BCUT2D eigenvalue weighted by Gasteiger charge is 2.18. The third kappa shape index (κ3) is 4.32. The molecule has 4 heteroatoms. The van der Waals surface area contributed by atoms with Gasteiger partial charge in [0.1, 0.15) is 0 Å². The third-order valence-electron chi connectivity index (χ3n) is 3.40. The predicted molar refractivity (Wildman–Crippen MR) is 78.8 cm³/mol. The zero-order valence-electron chi connectivity index (χ0n) is 11.8. The van der Waals surface area contributed by atoms with Crippen LogP contribution in [0.5, 0.6) is 0 Å². The summed E-state index contributed by atoms with van der Waals surface area (Å²) in [7, 11) is 0. The Kier molecular flexibility index (Phi) is 4.63. The molecular weight excluding hydrogens is 258 g/mol. The van der Waals surface area contributed by atoms with E-state index in [1.807, 2.05) is 6.07 Å². The smallest absolute Gasteiger partial charge is 0.261 e. The molecule has 106 valence electrons. The second kappa shape index (κ2) is 6.06. The number of rotatable bonds is 3. The number of carbonyl (C=O) groups excluding carboxylic acids is 1. The van der Waals surface area contributed by atoms with Crippen LogP contribution in [0, 0.1) is 0 Å². The van der Waals surface area contributed by atoms with E-state index >= 15 is 0 Å². The molecule has 0 bridgehead atoms. The van der Waals surface area contributed by atoms with E-state index in [4.69, 9.17) is 0 Å². The molecule has 0 radical (unpaired) electrons. The molecule has 0 unspecified atom stereocenters. The fourth-order valence-electron chi connectivity index (χ4n) is 2.34. The molecule has 0 aromatic carbocycles. The first-order valence-corrected chi connectivity index (χ1v) is 7.89. The summed E-state index contributed by atoms with van der Waals surface area (Å²) in [6.45, 7) is 3.68. The first kappa shape index (κ1) is 14.5. The van der Waals surface area contributed by atoms with Crippen LogP contribution in [-0.4, -0.2) is 23.2 Å². The standard InChI is InChI=1S/C15H23NO2S/c1-15(2,18)10-16-14(17)13-9-11-7-5-3-4-6-8-12(11)19-13/h9,18H,3-8,10H2,1-2H3,(H,16,17). The van der Waals surface area contributed by atoms with Crippen LogP contribution in [0.4, 0.5) is 0 Å². The van der Waals surface area contributed by atoms with Gasteiger partial charge in [0.15, 0.2) is 0 Å². The minimum atomic E-state index is -0.860. The first-order chi connectivity index (χ1) is 8.96.